The summed E-state index contributed by atoms with van der Waals surface area (Å²) in [5, 5.41) is 5.21. The summed E-state index contributed by atoms with van der Waals surface area (Å²) in [6.07, 6.45) is 2.51. The molecule has 0 bridgehead atoms. The van der Waals surface area contributed by atoms with Crippen LogP contribution in [0.2, 0.25) is 0 Å². The number of carbonyl (C=O) groups excluding carboxylic acids is 1. The second-order valence-corrected chi connectivity index (χ2v) is 9.12. The van der Waals surface area contributed by atoms with E-state index in [0.717, 1.165) is 22.1 Å². The summed E-state index contributed by atoms with van der Waals surface area (Å²) in [6, 6.07) is 11.9. The van der Waals surface area contributed by atoms with Crippen LogP contribution in [-0.2, 0) is 14.8 Å². The minimum absolute atomic E-state index is 0.0164. The predicted octanol–water partition coefficient (Wildman–Crippen LogP) is 2.49. The van der Waals surface area contributed by atoms with Crippen molar-refractivity contribution in [1.82, 2.24) is 9.62 Å². The lowest BCUT2D eigenvalue weighted by Crippen LogP contribution is -2.47. The van der Waals surface area contributed by atoms with Crippen LogP contribution in [-0.4, -0.2) is 51.1 Å². The molecule has 146 valence electrons. The summed E-state index contributed by atoms with van der Waals surface area (Å²) in [5.41, 5.74) is 0.957. The number of amides is 1. The van der Waals surface area contributed by atoms with Crippen LogP contribution < -0.4 is 10.1 Å². The van der Waals surface area contributed by atoms with Gasteiger partial charge in [-0.15, -0.1) is 0 Å². The number of piperidine rings is 1. The fourth-order valence-electron chi connectivity index (χ4n) is 3.45. The third-order valence-electron chi connectivity index (χ3n) is 5.23. The second-order valence-electron chi connectivity index (χ2n) is 7.14. The van der Waals surface area contributed by atoms with Gasteiger partial charge in [-0.2, -0.15) is 0 Å². The summed E-state index contributed by atoms with van der Waals surface area (Å²) in [7, 11) is -1.51. The number of fused-ring (bicyclic) bond motifs is 1. The fraction of sp³-hybridized carbons (Fsp3) is 0.450. The second kappa shape index (κ2) is 7.86. The molecule has 0 aromatic heterocycles. The number of sulfonamides is 1. The number of rotatable bonds is 5. The molecule has 3 rings (SSSR count). The van der Waals surface area contributed by atoms with Gasteiger partial charge < -0.3 is 10.1 Å². The molecule has 1 N–H and O–H groups in total. The Labute approximate surface area is 160 Å². The monoisotopic (exact) mass is 390 g/mol. The van der Waals surface area contributed by atoms with E-state index in [1.165, 1.54) is 10.6 Å². The third kappa shape index (κ3) is 4.59. The van der Waals surface area contributed by atoms with Crippen molar-refractivity contribution in [2.24, 2.45) is 0 Å². The van der Waals surface area contributed by atoms with Crippen LogP contribution in [0.5, 0.6) is 5.75 Å². The largest absolute Gasteiger partial charge is 0.497 e. The van der Waals surface area contributed by atoms with Gasteiger partial charge in [0.05, 0.1) is 19.3 Å². The highest BCUT2D eigenvalue weighted by molar-refractivity contribution is 7.88. The highest BCUT2D eigenvalue weighted by Gasteiger charge is 2.27. The highest BCUT2D eigenvalue weighted by atomic mass is 32.2. The van der Waals surface area contributed by atoms with Gasteiger partial charge in [0, 0.05) is 19.1 Å². The Morgan fingerprint density at radius 1 is 1.15 bits per heavy atom. The number of nitrogens with one attached hydrogen (secondary N) is 1. The van der Waals surface area contributed by atoms with Gasteiger partial charge in [-0.3, -0.25) is 4.79 Å². The Morgan fingerprint density at radius 3 is 2.41 bits per heavy atom. The minimum atomic E-state index is -3.15. The number of hydrogen-bond acceptors (Lipinski definition) is 4. The van der Waals surface area contributed by atoms with E-state index in [1.807, 2.05) is 43.3 Å². The molecule has 27 heavy (non-hydrogen) atoms. The zero-order chi connectivity index (χ0) is 19.6. The number of carbonyl (C=O) groups is 1. The quantitative estimate of drug-likeness (QED) is 0.851. The van der Waals surface area contributed by atoms with Crippen LogP contribution >= 0.6 is 0 Å². The Hall–Kier alpha value is -2.12. The number of benzene rings is 2. The van der Waals surface area contributed by atoms with Gasteiger partial charge >= 0.3 is 0 Å². The fourth-order valence-corrected chi connectivity index (χ4v) is 4.32. The molecule has 1 amide bonds. The molecule has 1 aliphatic rings. The van der Waals surface area contributed by atoms with Crippen molar-refractivity contribution in [1.29, 1.82) is 0 Å². The molecule has 7 heteroatoms. The molecule has 0 radical (unpaired) electrons. The molecule has 1 heterocycles. The van der Waals surface area contributed by atoms with Gasteiger partial charge in [-0.1, -0.05) is 24.3 Å². The normalized spacial score (nSPS) is 17.6. The van der Waals surface area contributed by atoms with Crippen LogP contribution in [0.1, 0.15) is 31.2 Å². The van der Waals surface area contributed by atoms with Crippen molar-refractivity contribution in [2.45, 2.75) is 31.7 Å². The summed E-state index contributed by atoms with van der Waals surface area (Å²) in [5.74, 6) is 0.506. The average molecular weight is 391 g/mol. The number of nitrogens with zero attached hydrogens (tertiary/aromatic N) is 1. The van der Waals surface area contributed by atoms with E-state index in [-0.39, 0.29) is 17.9 Å². The van der Waals surface area contributed by atoms with Crippen molar-refractivity contribution in [2.75, 3.05) is 26.5 Å². The first-order valence-electron chi connectivity index (χ1n) is 9.11. The maximum absolute atomic E-state index is 12.7. The van der Waals surface area contributed by atoms with E-state index in [4.69, 9.17) is 4.74 Å². The maximum Gasteiger partial charge on any atom is 0.227 e. The lowest BCUT2D eigenvalue weighted by molar-refractivity contribution is -0.123. The SMILES string of the molecule is COc1ccc2cc([C@H](C)C(=O)NC3CCN(S(C)(=O)=O)CC3)ccc2c1. The van der Waals surface area contributed by atoms with E-state index in [0.29, 0.717) is 25.9 Å². The zero-order valence-corrected chi connectivity index (χ0v) is 16.8. The molecule has 2 aromatic carbocycles. The summed E-state index contributed by atoms with van der Waals surface area (Å²) >= 11 is 0. The maximum atomic E-state index is 12.7. The van der Waals surface area contributed by atoms with E-state index in [9.17, 15) is 13.2 Å². The standard InChI is InChI=1S/C20H26N2O4S/c1-14(15-4-5-17-13-19(26-2)7-6-16(17)12-15)20(23)21-18-8-10-22(11-9-18)27(3,24)25/h4-7,12-14,18H,8-11H2,1-3H3,(H,21,23)/t14-/m0/s1. The Kier molecular flexibility index (Phi) is 5.72. The molecule has 0 aliphatic carbocycles. The van der Waals surface area contributed by atoms with Crippen LogP contribution in [0, 0.1) is 0 Å². The lowest BCUT2D eigenvalue weighted by Gasteiger charge is -2.31. The Bertz CT molecular complexity index is 934. The molecule has 1 atom stereocenters. The molecule has 0 unspecified atom stereocenters. The first-order chi connectivity index (χ1) is 12.8. The van der Waals surface area contributed by atoms with E-state index < -0.39 is 10.0 Å². The third-order valence-corrected chi connectivity index (χ3v) is 6.54. The van der Waals surface area contributed by atoms with Gasteiger partial charge in [0.25, 0.3) is 0 Å². The van der Waals surface area contributed by atoms with Crippen LogP contribution in [0.3, 0.4) is 0 Å². The van der Waals surface area contributed by atoms with E-state index in [2.05, 4.69) is 5.32 Å². The summed E-state index contributed by atoms with van der Waals surface area (Å²) in [6.45, 7) is 2.80. The molecule has 1 aliphatic heterocycles. The van der Waals surface area contributed by atoms with Gasteiger partial charge in [-0.05, 0) is 48.2 Å². The molecule has 1 saturated heterocycles. The molecule has 0 spiro atoms. The summed E-state index contributed by atoms with van der Waals surface area (Å²) in [4.78, 5) is 12.7. The van der Waals surface area contributed by atoms with Crippen molar-refractivity contribution >= 4 is 26.7 Å². The number of hydrogen-bond donors (Lipinski definition) is 1. The molecular formula is C20H26N2O4S. The minimum Gasteiger partial charge on any atom is -0.497 e. The van der Waals surface area contributed by atoms with Gasteiger partial charge in [0.1, 0.15) is 5.75 Å². The average Bonchev–Trinajstić information content (AvgIpc) is 2.66. The van der Waals surface area contributed by atoms with Crippen molar-refractivity contribution in [3.05, 3.63) is 42.0 Å². The first kappa shape index (κ1) is 19.6. The van der Waals surface area contributed by atoms with Crippen LogP contribution in [0.25, 0.3) is 10.8 Å². The Balaban J connectivity index is 1.64. The first-order valence-corrected chi connectivity index (χ1v) is 11.0. The van der Waals surface area contributed by atoms with Gasteiger partial charge in [0.15, 0.2) is 0 Å². The smallest absolute Gasteiger partial charge is 0.227 e. The van der Waals surface area contributed by atoms with Crippen LogP contribution in [0.15, 0.2) is 36.4 Å². The molecule has 0 saturated carbocycles. The topological polar surface area (TPSA) is 75.7 Å². The number of ether oxygens (including phenoxy) is 1. The Morgan fingerprint density at radius 2 is 1.78 bits per heavy atom. The van der Waals surface area contributed by atoms with Crippen LogP contribution in [0.4, 0.5) is 0 Å². The van der Waals surface area contributed by atoms with Crippen molar-refractivity contribution < 1.29 is 17.9 Å². The summed E-state index contributed by atoms with van der Waals surface area (Å²) < 4.78 is 29.9. The zero-order valence-electron chi connectivity index (χ0n) is 15.9. The molecule has 2 aromatic rings. The van der Waals surface area contributed by atoms with Gasteiger partial charge in [-0.25, -0.2) is 12.7 Å². The van der Waals surface area contributed by atoms with Crippen molar-refractivity contribution in [3.63, 3.8) is 0 Å². The lowest BCUT2D eigenvalue weighted by atomic mass is 9.96. The molecular weight excluding hydrogens is 364 g/mol. The van der Waals surface area contributed by atoms with E-state index in [1.54, 1.807) is 7.11 Å². The van der Waals surface area contributed by atoms with Gasteiger partial charge in [0.2, 0.25) is 15.9 Å². The van der Waals surface area contributed by atoms with Crippen molar-refractivity contribution in [3.8, 4) is 5.75 Å². The predicted molar refractivity (Wildman–Crippen MR) is 106 cm³/mol. The number of methoxy groups -OCH3 is 1. The van der Waals surface area contributed by atoms with E-state index >= 15 is 0 Å². The molecule has 1 fully saturated rings. The highest BCUT2D eigenvalue weighted by Crippen LogP contribution is 2.25. The molecule has 6 nitrogen and oxygen atoms in total.